The first-order valence-corrected chi connectivity index (χ1v) is 6.44. The predicted molar refractivity (Wildman–Crippen MR) is 70.7 cm³/mol. The molecule has 5 heteroatoms. The molecule has 1 aliphatic rings. The van der Waals surface area contributed by atoms with Crippen molar-refractivity contribution in [3.8, 4) is 5.75 Å². The van der Waals surface area contributed by atoms with E-state index in [9.17, 15) is 4.79 Å². The van der Waals surface area contributed by atoms with Gasteiger partial charge in [-0.3, -0.25) is 4.79 Å². The van der Waals surface area contributed by atoms with Crippen LogP contribution in [-0.2, 0) is 4.79 Å². The zero-order valence-corrected chi connectivity index (χ0v) is 10.9. The van der Waals surface area contributed by atoms with E-state index in [0.717, 1.165) is 19.4 Å². The Bertz CT molecular complexity index is 408. The van der Waals surface area contributed by atoms with E-state index >= 15 is 0 Å². The van der Waals surface area contributed by atoms with Crippen molar-refractivity contribution in [2.45, 2.75) is 18.9 Å². The highest BCUT2D eigenvalue weighted by Crippen LogP contribution is 2.16. The van der Waals surface area contributed by atoms with Crippen LogP contribution in [-0.4, -0.2) is 36.5 Å². The summed E-state index contributed by atoms with van der Waals surface area (Å²) in [4.78, 5) is 13.7. The van der Waals surface area contributed by atoms with Crippen LogP contribution in [0, 0.1) is 0 Å². The molecule has 1 heterocycles. The number of amides is 1. The molecule has 1 atom stereocenters. The lowest BCUT2D eigenvalue weighted by Gasteiger charge is -2.30. The monoisotopic (exact) mass is 268 g/mol. The van der Waals surface area contributed by atoms with Gasteiger partial charge >= 0.3 is 0 Å². The van der Waals surface area contributed by atoms with E-state index < -0.39 is 0 Å². The van der Waals surface area contributed by atoms with E-state index in [1.807, 2.05) is 0 Å². The molecule has 1 aromatic rings. The number of carbonyl (C=O) groups excluding carboxylic acids is 1. The van der Waals surface area contributed by atoms with Crippen LogP contribution in [0.15, 0.2) is 24.3 Å². The summed E-state index contributed by atoms with van der Waals surface area (Å²) in [7, 11) is 0. The Morgan fingerprint density at radius 2 is 2.17 bits per heavy atom. The van der Waals surface area contributed by atoms with Crippen LogP contribution in [0.2, 0.25) is 5.02 Å². The summed E-state index contributed by atoms with van der Waals surface area (Å²) in [6.07, 6.45) is 1.95. The summed E-state index contributed by atoms with van der Waals surface area (Å²) in [5.74, 6) is 0.633. The maximum absolute atomic E-state index is 11.9. The van der Waals surface area contributed by atoms with Gasteiger partial charge in [0, 0.05) is 24.2 Å². The number of hydrogen-bond acceptors (Lipinski definition) is 3. The van der Waals surface area contributed by atoms with Crippen LogP contribution in [0.4, 0.5) is 0 Å². The molecule has 2 rings (SSSR count). The molecule has 1 fully saturated rings. The number of nitrogens with zero attached hydrogens (tertiary/aromatic N) is 1. The second-order valence-corrected chi connectivity index (χ2v) is 4.92. The summed E-state index contributed by atoms with van der Waals surface area (Å²) >= 11 is 5.77. The van der Waals surface area contributed by atoms with Gasteiger partial charge in [0.25, 0.3) is 5.91 Å². The number of ether oxygens (including phenoxy) is 1. The zero-order valence-electron chi connectivity index (χ0n) is 10.1. The first-order valence-electron chi connectivity index (χ1n) is 6.07. The smallest absolute Gasteiger partial charge is 0.260 e. The Hall–Kier alpha value is -1.26. The molecular weight excluding hydrogens is 252 g/mol. The zero-order chi connectivity index (χ0) is 13.0. The Kier molecular flexibility index (Phi) is 4.44. The number of halogens is 1. The highest BCUT2D eigenvalue weighted by Gasteiger charge is 2.21. The number of likely N-dealkylation sites (tertiary alicyclic amines) is 1. The molecule has 1 aromatic carbocycles. The summed E-state index contributed by atoms with van der Waals surface area (Å²) in [6.45, 7) is 1.45. The van der Waals surface area contributed by atoms with Crippen LogP contribution in [0.25, 0.3) is 0 Å². The number of rotatable bonds is 3. The molecule has 1 unspecified atom stereocenters. The minimum Gasteiger partial charge on any atom is -0.484 e. The van der Waals surface area contributed by atoms with E-state index in [0.29, 0.717) is 17.3 Å². The van der Waals surface area contributed by atoms with Crippen molar-refractivity contribution < 1.29 is 9.53 Å². The number of hydrogen-bond donors (Lipinski definition) is 1. The van der Waals surface area contributed by atoms with Gasteiger partial charge in [-0.1, -0.05) is 11.6 Å². The van der Waals surface area contributed by atoms with Gasteiger partial charge in [0.2, 0.25) is 0 Å². The van der Waals surface area contributed by atoms with Crippen molar-refractivity contribution in [2.24, 2.45) is 5.73 Å². The largest absolute Gasteiger partial charge is 0.484 e. The maximum Gasteiger partial charge on any atom is 0.260 e. The van der Waals surface area contributed by atoms with E-state index in [4.69, 9.17) is 22.1 Å². The highest BCUT2D eigenvalue weighted by atomic mass is 35.5. The summed E-state index contributed by atoms with van der Waals surface area (Å²) < 4.78 is 5.42. The number of nitrogens with two attached hydrogens (primary N) is 1. The van der Waals surface area contributed by atoms with Crippen LogP contribution >= 0.6 is 11.6 Å². The van der Waals surface area contributed by atoms with E-state index in [2.05, 4.69) is 0 Å². The molecule has 2 N–H and O–H groups in total. The third kappa shape index (κ3) is 3.62. The molecule has 4 nitrogen and oxygen atoms in total. The van der Waals surface area contributed by atoms with Gasteiger partial charge < -0.3 is 15.4 Å². The van der Waals surface area contributed by atoms with Crippen molar-refractivity contribution in [1.82, 2.24) is 4.90 Å². The third-order valence-electron chi connectivity index (χ3n) is 2.99. The molecule has 0 bridgehead atoms. The first kappa shape index (κ1) is 13.2. The quantitative estimate of drug-likeness (QED) is 0.907. The van der Waals surface area contributed by atoms with Crippen molar-refractivity contribution in [1.29, 1.82) is 0 Å². The molecule has 0 saturated carbocycles. The lowest BCUT2D eigenvalue weighted by atomic mass is 10.1. The number of piperidine rings is 1. The van der Waals surface area contributed by atoms with Crippen molar-refractivity contribution in [3.63, 3.8) is 0 Å². The fourth-order valence-electron chi connectivity index (χ4n) is 2.00. The van der Waals surface area contributed by atoms with Gasteiger partial charge in [-0.05, 0) is 37.1 Å². The SMILES string of the molecule is NC1CCCN(C(=O)COc2ccc(Cl)cc2)C1. The summed E-state index contributed by atoms with van der Waals surface area (Å²) in [5.41, 5.74) is 5.84. The number of benzene rings is 1. The van der Waals surface area contributed by atoms with Crippen molar-refractivity contribution in [2.75, 3.05) is 19.7 Å². The van der Waals surface area contributed by atoms with Gasteiger partial charge in [0.1, 0.15) is 5.75 Å². The average Bonchev–Trinajstić information content (AvgIpc) is 2.38. The van der Waals surface area contributed by atoms with Gasteiger partial charge in [-0.15, -0.1) is 0 Å². The molecular formula is C13H17ClN2O2. The molecule has 0 spiro atoms. The van der Waals surface area contributed by atoms with Crippen molar-refractivity contribution in [3.05, 3.63) is 29.3 Å². The Labute approximate surface area is 112 Å². The minimum absolute atomic E-state index is 0.0138. The molecule has 0 aromatic heterocycles. The minimum atomic E-state index is -0.0138. The van der Waals surface area contributed by atoms with Gasteiger partial charge in [0.05, 0.1) is 0 Å². The van der Waals surface area contributed by atoms with Crippen LogP contribution in [0.1, 0.15) is 12.8 Å². The molecule has 18 heavy (non-hydrogen) atoms. The maximum atomic E-state index is 11.9. The topological polar surface area (TPSA) is 55.6 Å². The lowest BCUT2D eigenvalue weighted by molar-refractivity contribution is -0.134. The average molecular weight is 269 g/mol. The van der Waals surface area contributed by atoms with Crippen LogP contribution in [0.5, 0.6) is 5.75 Å². The fraction of sp³-hybridized carbons (Fsp3) is 0.462. The van der Waals surface area contributed by atoms with E-state index in [-0.39, 0.29) is 18.6 Å². The Balaban J connectivity index is 1.82. The summed E-state index contributed by atoms with van der Waals surface area (Å²) in [5, 5.41) is 0.649. The second-order valence-electron chi connectivity index (χ2n) is 4.48. The fourth-order valence-corrected chi connectivity index (χ4v) is 2.13. The Morgan fingerprint density at radius 3 is 2.83 bits per heavy atom. The molecule has 1 saturated heterocycles. The second kappa shape index (κ2) is 6.07. The molecule has 1 aliphatic heterocycles. The van der Waals surface area contributed by atoms with Crippen molar-refractivity contribution >= 4 is 17.5 Å². The van der Waals surface area contributed by atoms with Gasteiger partial charge in [-0.2, -0.15) is 0 Å². The molecule has 1 amide bonds. The Morgan fingerprint density at radius 1 is 1.44 bits per heavy atom. The van der Waals surface area contributed by atoms with Crippen LogP contribution < -0.4 is 10.5 Å². The normalized spacial score (nSPS) is 19.7. The van der Waals surface area contributed by atoms with E-state index in [1.165, 1.54) is 0 Å². The lowest BCUT2D eigenvalue weighted by Crippen LogP contribution is -2.47. The van der Waals surface area contributed by atoms with Gasteiger partial charge in [-0.25, -0.2) is 0 Å². The summed E-state index contributed by atoms with van der Waals surface area (Å²) in [6, 6.07) is 7.06. The van der Waals surface area contributed by atoms with Crippen LogP contribution in [0.3, 0.4) is 0 Å². The molecule has 0 aliphatic carbocycles. The standard InChI is InChI=1S/C13H17ClN2O2/c14-10-3-5-12(6-4-10)18-9-13(17)16-7-1-2-11(15)8-16/h3-6,11H,1-2,7-9,15H2. The predicted octanol–water partition coefficient (Wildman–Crippen LogP) is 1.67. The van der Waals surface area contributed by atoms with E-state index in [1.54, 1.807) is 29.2 Å². The van der Waals surface area contributed by atoms with Gasteiger partial charge in [0.15, 0.2) is 6.61 Å². The molecule has 0 radical (unpaired) electrons. The molecule has 98 valence electrons. The third-order valence-corrected chi connectivity index (χ3v) is 3.24. The number of carbonyl (C=O) groups is 1. The highest BCUT2D eigenvalue weighted by molar-refractivity contribution is 6.30. The first-order chi connectivity index (χ1) is 8.65.